The Bertz CT molecular complexity index is 422. The lowest BCUT2D eigenvalue weighted by Gasteiger charge is -2.19. The second-order valence-corrected chi connectivity index (χ2v) is 5.34. The standard InChI is InChI=1S/C11H15F2N3O2S.C2H6/c1-11(2,3)18-10(17)15-8-5-4-7(6-14-8)16-19-9(12)13;1-2/h4-6,9,16H,1-3H3,(H,14,15,17);1-2H3. The Kier molecular flexibility index (Phi) is 8.68. The van der Waals surface area contributed by atoms with Gasteiger partial charge in [-0.05, 0) is 32.9 Å². The summed E-state index contributed by atoms with van der Waals surface area (Å²) in [5, 5.41) is 2.44. The molecule has 0 atom stereocenters. The van der Waals surface area contributed by atoms with E-state index in [1.165, 1.54) is 18.3 Å². The molecule has 21 heavy (non-hydrogen) atoms. The maximum Gasteiger partial charge on any atom is 0.413 e. The van der Waals surface area contributed by atoms with E-state index in [9.17, 15) is 13.6 Å². The van der Waals surface area contributed by atoms with Gasteiger partial charge >= 0.3 is 11.9 Å². The maximum atomic E-state index is 11.9. The summed E-state index contributed by atoms with van der Waals surface area (Å²) in [5.41, 5.74) is -0.181. The molecule has 0 radical (unpaired) electrons. The summed E-state index contributed by atoms with van der Waals surface area (Å²) < 4.78 is 31.3. The van der Waals surface area contributed by atoms with E-state index < -0.39 is 17.5 Å². The molecule has 0 aliphatic carbocycles. The zero-order valence-corrected chi connectivity index (χ0v) is 13.6. The molecule has 0 spiro atoms. The molecule has 1 amide bonds. The summed E-state index contributed by atoms with van der Waals surface area (Å²) in [5.74, 6) is -2.23. The smallest absolute Gasteiger partial charge is 0.413 e. The Balaban J connectivity index is 0.00000191. The van der Waals surface area contributed by atoms with Crippen molar-refractivity contribution in [2.75, 3.05) is 10.0 Å². The first-order valence-corrected chi connectivity index (χ1v) is 7.30. The average molecular weight is 321 g/mol. The molecule has 0 saturated heterocycles. The number of rotatable bonds is 4. The highest BCUT2D eigenvalue weighted by Gasteiger charge is 2.16. The average Bonchev–Trinajstić information content (AvgIpc) is 2.38. The lowest BCUT2D eigenvalue weighted by molar-refractivity contribution is 0.0635. The fourth-order valence-electron chi connectivity index (χ4n) is 1.05. The molecule has 1 aromatic rings. The molecular weight excluding hydrogens is 300 g/mol. The van der Waals surface area contributed by atoms with Crippen molar-refractivity contribution in [2.24, 2.45) is 0 Å². The normalized spacial score (nSPS) is 10.5. The third-order valence-corrected chi connectivity index (χ3v) is 2.19. The quantitative estimate of drug-likeness (QED) is 0.784. The first kappa shape index (κ1) is 19.4. The maximum absolute atomic E-state index is 11.9. The van der Waals surface area contributed by atoms with Gasteiger partial charge in [0.25, 0.3) is 0 Å². The molecule has 0 fully saturated rings. The number of anilines is 2. The first-order valence-electron chi connectivity index (χ1n) is 6.42. The van der Waals surface area contributed by atoms with Gasteiger partial charge in [-0.25, -0.2) is 9.78 Å². The molecule has 0 bridgehead atoms. The van der Waals surface area contributed by atoms with Crippen LogP contribution in [-0.2, 0) is 4.74 Å². The molecule has 1 heterocycles. The number of pyridine rings is 1. The van der Waals surface area contributed by atoms with Crippen LogP contribution in [0.15, 0.2) is 18.3 Å². The van der Waals surface area contributed by atoms with Crippen molar-refractivity contribution < 1.29 is 18.3 Å². The van der Waals surface area contributed by atoms with Crippen molar-refractivity contribution in [3.63, 3.8) is 0 Å². The van der Waals surface area contributed by atoms with Crippen molar-refractivity contribution in [3.8, 4) is 0 Å². The molecule has 0 aliphatic rings. The number of hydrogen-bond acceptors (Lipinski definition) is 5. The molecule has 0 saturated carbocycles. The number of amides is 1. The van der Waals surface area contributed by atoms with Crippen LogP contribution in [0, 0.1) is 0 Å². The van der Waals surface area contributed by atoms with Gasteiger partial charge in [-0.1, -0.05) is 13.8 Å². The fraction of sp³-hybridized carbons (Fsp3) is 0.538. The minimum Gasteiger partial charge on any atom is -0.444 e. The molecule has 0 aromatic carbocycles. The van der Waals surface area contributed by atoms with Gasteiger partial charge in [0.05, 0.1) is 11.9 Å². The van der Waals surface area contributed by atoms with Crippen LogP contribution in [0.4, 0.5) is 25.1 Å². The second kappa shape index (κ2) is 9.38. The van der Waals surface area contributed by atoms with Crippen molar-refractivity contribution in [1.82, 2.24) is 4.98 Å². The Hall–Kier alpha value is -1.57. The van der Waals surface area contributed by atoms with Crippen molar-refractivity contribution in [2.45, 2.75) is 46.0 Å². The molecule has 0 unspecified atom stereocenters. The highest BCUT2D eigenvalue weighted by molar-refractivity contribution is 8.00. The molecule has 5 nitrogen and oxygen atoms in total. The summed E-state index contributed by atoms with van der Waals surface area (Å²) in [4.78, 5) is 15.3. The number of nitrogens with zero attached hydrogens (tertiary/aromatic N) is 1. The highest BCUT2D eigenvalue weighted by atomic mass is 32.2. The summed E-state index contributed by atoms with van der Waals surface area (Å²) >= 11 is 0.277. The van der Waals surface area contributed by atoms with Crippen LogP contribution in [0.2, 0.25) is 0 Å². The van der Waals surface area contributed by atoms with Gasteiger partial charge in [0.2, 0.25) is 0 Å². The number of ether oxygens (including phenoxy) is 1. The van der Waals surface area contributed by atoms with Gasteiger partial charge in [-0.3, -0.25) is 5.32 Å². The minimum absolute atomic E-state index is 0.277. The Morgan fingerprint density at radius 2 is 1.95 bits per heavy atom. The van der Waals surface area contributed by atoms with Gasteiger partial charge in [0.15, 0.2) is 0 Å². The number of nitrogens with one attached hydrogen (secondary N) is 2. The molecule has 2 N–H and O–H groups in total. The third kappa shape index (κ3) is 9.89. The monoisotopic (exact) mass is 321 g/mol. The number of alkyl halides is 2. The van der Waals surface area contributed by atoms with E-state index in [1.54, 1.807) is 20.8 Å². The summed E-state index contributed by atoms with van der Waals surface area (Å²) in [6.07, 6.45) is 0.713. The molecule has 0 aliphatic heterocycles. The Labute approximate surface area is 128 Å². The summed E-state index contributed by atoms with van der Waals surface area (Å²) in [6, 6.07) is 3.01. The van der Waals surface area contributed by atoms with E-state index in [1.807, 2.05) is 13.8 Å². The van der Waals surface area contributed by atoms with Gasteiger partial charge in [-0.15, -0.1) is 0 Å². The Morgan fingerprint density at radius 1 is 1.33 bits per heavy atom. The number of carbonyl (C=O) groups excluding carboxylic acids is 1. The zero-order chi connectivity index (χ0) is 16.5. The van der Waals surface area contributed by atoms with E-state index in [-0.39, 0.29) is 17.8 Å². The minimum atomic E-state index is -2.51. The lowest BCUT2D eigenvalue weighted by atomic mass is 10.2. The van der Waals surface area contributed by atoms with E-state index in [4.69, 9.17) is 4.74 Å². The van der Waals surface area contributed by atoms with E-state index in [0.29, 0.717) is 5.69 Å². The van der Waals surface area contributed by atoms with Gasteiger partial charge in [0.1, 0.15) is 11.4 Å². The molecule has 8 heteroatoms. The number of aromatic nitrogens is 1. The predicted octanol–water partition coefficient (Wildman–Crippen LogP) is 4.74. The third-order valence-electron chi connectivity index (χ3n) is 1.66. The van der Waals surface area contributed by atoms with E-state index >= 15 is 0 Å². The van der Waals surface area contributed by atoms with Crippen molar-refractivity contribution in [1.29, 1.82) is 0 Å². The summed E-state index contributed by atoms with van der Waals surface area (Å²) in [7, 11) is 0. The fourth-order valence-corrected chi connectivity index (χ4v) is 1.39. The topological polar surface area (TPSA) is 63.2 Å². The van der Waals surface area contributed by atoms with Crippen LogP contribution >= 0.6 is 11.9 Å². The van der Waals surface area contributed by atoms with Crippen LogP contribution in [-0.4, -0.2) is 22.4 Å². The van der Waals surface area contributed by atoms with Crippen molar-refractivity contribution >= 4 is 29.5 Å². The van der Waals surface area contributed by atoms with Gasteiger partial charge in [0, 0.05) is 11.9 Å². The van der Waals surface area contributed by atoms with Crippen molar-refractivity contribution in [3.05, 3.63) is 18.3 Å². The second-order valence-electron chi connectivity index (χ2n) is 4.54. The highest BCUT2D eigenvalue weighted by Crippen LogP contribution is 2.18. The molecule has 1 rings (SSSR count). The van der Waals surface area contributed by atoms with Gasteiger partial charge < -0.3 is 9.46 Å². The Morgan fingerprint density at radius 3 is 2.38 bits per heavy atom. The van der Waals surface area contributed by atoms with Crippen LogP contribution in [0.25, 0.3) is 0 Å². The SMILES string of the molecule is CC.CC(C)(C)OC(=O)Nc1ccc(NSC(F)F)cn1. The predicted molar refractivity (Wildman–Crippen MR) is 82.7 cm³/mol. The van der Waals surface area contributed by atoms with E-state index in [0.717, 1.165) is 0 Å². The number of halogens is 2. The zero-order valence-electron chi connectivity index (χ0n) is 12.7. The number of carbonyl (C=O) groups is 1. The molecule has 1 aromatic heterocycles. The molecular formula is C13H21F2N3O2S. The summed E-state index contributed by atoms with van der Waals surface area (Å²) in [6.45, 7) is 9.23. The van der Waals surface area contributed by atoms with Crippen LogP contribution < -0.4 is 10.0 Å². The van der Waals surface area contributed by atoms with Crippen LogP contribution in [0.3, 0.4) is 0 Å². The van der Waals surface area contributed by atoms with Crippen LogP contribution in [0.1, 0.15) is 34.6 Å². The van der Waals surface area contributed by atoms with Crippen LogP contribution in [0.5, 0.6) is 0 Å². The lowest BCUT2D eigenvalue weighted by Crippen LogP contribution is -2.27. The number of hydrogen-bond donors (Lipinski definition) is 2. The van der Waals surface area contributed by atoms with Gasteiger partial charge in [-0.2, -0.15) is 8.78 Å². The van der Waals surface area contributed by atoms with E-state index in [2.05, 4.69) is 15.0 Å². The first-order chi connectivity index (χ1) is 9.76. The largest absolute Gasteiger partial charge is 0.444 e. The molecule has 120 valence electrons.